The number of halogens is 3. The highest BCUT2D eigenvalue weighted by atomic mass is 19.4. The molecule has 0 atom stereocenters. The van der Waals surface area contributed by atoms with E-state index in [0.717, 1.165) is 10.5 Å². The number of alkyl halides is 3. The molecule has 0 bridgehead atoms. The molecule has 5 rings (SSSR count). The van der Waals surface area contributed by atoms with Gasteiger partial charge in [-0.3, -0.25) is 4.79 Å². The fraction of sp³-hybridized carbons (Fsp3) is 0.200. The number of aromatic nitrogens is 5. The lowest BCUT2D eigenvalue weighted by atomic mass is 10.0. The van der Waals surface area contributed by atoms with Gasteiger partial charge in [-0.1, -0.05) is 12.1 Å². The number of nitrogens with one attached hydrogen (secondary N) is 1. The number of carbonyl (C=O) groups is 2. The lowest BCUT2D eigenvalue weighted by Crippen LogP contribution is -2.33. The first-order valence-corrected chi connectivity index (χ1v) is 11.6. The maximum absolute atomic E-state index is 12.8. The van der Waals surface area contributed by atoms with Gasteiger partial charge in [0, 0.05) is 36.6 Å². The van der Waals surface area contributed by atoms with E-state index in [9.17, 15) is 27.9 Å². The Morgan fingerprint density at radius 2 is 1.85 bits per heavy atom. The van der Waals surface area contributed by atoms with Crippen LogP contribution in [0.15, 0.2) is 48.7 Å². The first kappa shape index (κ1) is 25.6. The summed E-state index contributed by atoms with van der Waals surface area (Å²) in [7, 11) is 1.65. The fourth-order valence-electron chi connectivity index (χ4n) is 4.36. The number of carboxylic acids is 1. The molecule has 2 aromatic carbocycles. The molecular weight excluding hydrogens is 517 g/mol. The van der Waals surface area contributed by atoms with E-state index < -0.39 is 24.5 Å². The molecule has 4 N–H and O–H groups in total. The van der Waals surface area contributed by atoms with Crippen LogP contribution in [-0.2, 0) is 18.3 Å². The largest absolute Gasteiger partial charge is 0.478 e. The number of aryl methyl sites for hydroxylation is 1. The maximum atomic E-state index is 12.8. The van der Waals surface area contributed by atoms with Gasteiger partial charge < -0.3 is 21.1 Å². The van der Waals surface area contributed by atoms with Gasteiger partial charge in [-0.25, -0.2) is 19.4 Å². The van der Waals surface area contributed by atoms with Gasteiger partial charge in [0.15, 0.2) is 5.82 Å². The monoisotopic (exact) mass is 538 g/mol. The average Bonchev–Trinajstić information content (AvgIpc) is 3.46. The van der Waals surface area contributed by atoms with Crippen LogP contribution in [-0.4, -0.2) is 54.4 Å². The Kier molecular flexibility index (Phi) is 6.38. The minimum atomic E-state index is -4.70. The number of carboxylic acid groups (broad SMARTS) is 1. The van der Waals surface area contributed by atoms with Crippen LogP contribution >= 0.6 is 0 Å². The number of fused-ring (bicyclic) bond motifs is 1. The molecule has 14 heteroatoms. The average molecular weight is 538 g/mol. The van der Waals surface area contributed by atoms with Gasteiger partial charge in [-0.2, -0.15) is 18.2 Å². The minimum Gasteiger partial charge on any atom is -0.478 e. The third kappa shape index (κ3) is 5.35. The van der Waals surface area contributed by atoms with Crippen LogP contribution < -0.4 is 16.0 Å². The molecule has 11 nitrogen and oxygen atoms in total. The van der Waals surface area contributed by atoms with Crippen molar-refractivity contribution in [2.75, 3.05) is 22.5 Å². The molecule has 0 aliphatic carbocycles. The number of anilines is 4. The van der Waals surface area contributed by atoms with E-state index in [4.69, 9.17) is 5.73 Å². The number of nitrogens with zero attached hydrogens (tertiary/aromatic N) is 6. The highest BCUT2D eigenvalue weighted by molar-refractivity contribution is 6.05. The number of amides is 1. The summed E-state index contributed by atoms with van der Waals surface area (Å²) in [5, 5.41) is 17.3. The van der Waals surface area contributed by atoms with Crippen molar-refractivity contribution >= 4 is 35.1 Å². The first-order chi connectivity index (χ1) is 18.5. The van der Waals surface area contributed by atoms with Crippen LogP contribution in [0.3, 0.4) is 0 Å². The number of hydrogen-bond donors (Lipinski definition) is 3. The number of hydrogen-bond acceptors (Lipinski definition) is 8. The summed E-state index contributed by atoms with van der Waals surface area (Å²) >= 11 is 0. The van der Waals surface area contributed by atoms with Gasteiger partial charge in [0.05, 0.1) is 16.9 Å². The van der Waals surface area contributed by atoms with Gasteiger partial charge in [0.2, 0.25) is 17.8 Å². The molecule has 0 unspecified atom stereocenters. The van der Waals surface area contributed by atoms with E-state index in [1.165, 1.54) is 10.7 Å². The molecule has 4 aromatic rings. The Morgan fingerprint density at radius 3 is 2.51 bits per heavy atom. The Hall–Kier alpha value is -5.01. The summed E-state index contributed by atoms with van der Waals surface area (Å²) in [6, 6.07) is 11.9. The van der Waals surface area contributed by atoms with Crippen molar-refractivity contribution in [1.29, 1.82) is 0 Å². The molecule has 3 heterocycles. The summed E-state index contributed by atoms with van der Waals surface area (Å²) in [5.41, 5.74) is 8.31. The van der Waals surface area contributed by atoms with E-state index >= 15 is 0 Å². The lowest BCUT2D eigenvalue weighted by molar-refractivity contribution is -0.151. The molecule has 39 heavy (non-hydrogen) atoms. The topological polar surface area (TPSA) is 152 Å². The Labute approximate surface area is 219 Å². The molecule has 0 radical (unpaired) electrons. The molecule has 2 aromatic heterocycles. The normalized spacial score (nSPS) is 12.9. The van der Waals surface area contributed by atoms with Crippen molar-refractivity contribution in [1.82, 2.24) is 24.7 Å². The fourth-order valence-corrected chi connectivity index (χ4v) is 4.36. The number of rotatable bonds is 6. The number of nitrogens with two attached hydrogens (primary N) is 1. The zero-order valence-corrected chi connectivity index (χ0v) is 20.4. The Bertz CT molecular complexity index is 1580. The van der Waals surface area contributed by atoms with E-state index in [-0.39, 0.29) is 36.0 Å². The van der Waals surface area contributed by atoms with E-state index in [1.54, 1.807) is 25.4 Å². The number of nitrogen functional groups attached to an aromatic ring is 1. The smallest absolute Gasteiger partial charge is 0.397 e. The molecule has 0 saturated carbocycles. The summed E-state index contributed by atoms with van der Waals surface area (Å²) in [6.07, 6.45) is -4.60. The van der Waals surface area contributed by atoms with Crippen molar-refractivity contribution in [3.63, 3.8) is 0 Å². The van der Waals surface area contributed by atoms with Crippen LogP contribution in [0.2, 0.25) is 0 Å². The van der Waals surface area contributed by atoms with Gasteiger partial charge >= 0.3 is 12.1 Å². The number of aromatic carboxylic acids is 1. The molecule has 1 aliphatic heterocycles. The van der Waals surface area contributed by atoms with Crippen molar-refractivity contribution in [2.45, 2.75) is 19.0 Å². The van der Waals surface area contributed by atoms with Gasteiger partial charge in [-0.15, -0.1) is 5.10 Å². The second-order valence-corrected chi connectivity index (χ2v) is 8.81. The van der Waals surface area contributed by atoms with E-state index in [1.807, 2.05) is 24.3 Å². The van der Waals surface area contributed by atoms with Crippen LogP contribution in [0, 0.1) is 0 Å². The molecule has 200 valence electrons. The zero-order valence-electron chi connectivity index (χ0n) is 20.4. The van der Waals surface area contributed by atoms with E-state index in [0.29, 0.717) is 28.5 Å². The third-order valence-corrected chi connectivity index (χ3v) is 6.08. The quantitative estimate of drug-likeness (QED) is 0.333. The first-order valence-electron chi connectivity index (χ1n) is 11.6. The summed E-state index contributed by atoms with van der Waals surface area (Å²) in [6.45, 7) is -0.0476. The molecule has 0 saturated heterocycles. The van der Waals surface area contributed by atoms with E-state index in [2.05, 4.69) is 25.4 Å². The predicted octanol–water partition coefficient (Wildman–Crippen LogP) is 3.80. The van der Waals surface area contributed by atoms with Crippen molar-refractivity contribution < 1.29 is 27.9 Å². The number of benzene rings is 2. The van der Waals surface area contributed by atoms with Crippen molar-refractivity contribution in [2.24, 2.45) is 7.05 Å². The third-order valence-electron chi connectivity index (χ3n) is 6.08. The van der Waals surface area contributed by atoms with Gasteiger partial charge in [0.1, 0.15) is 6.42 Å². The molecule has 1 amide bonds. The van der Waals surface area contributed by atoms with Crippen LogP contribution in [0.5, 0.6) is 0 Å². The summed E-state index contributed by atoms with van der Waals surface area (Å²) in [4.78, 5) is 37.7. The van der Waals surface area contributed by atoms with Gasteiger partial charge in [-0.05, 0) is 42.3 Å². The molecular formula is C25H21F3N8O3. The van der Waals surface area contributed by atoms with Crippen molar-refractivity contribution in [3.8, 4) is 22.6 Å². The maximum Gasteiger partial charge on any atom is 0.397 e. The molecule has 0 fully saturated rings. The van der Waals surface area contributed by atoms with Crippen LogP contribution in [0.1, 0.15) is 22.3 Å². The SMILES string of the molecule is Cn1nc(-c2cc3c(c(C(=O)O)c2)N(C(=O)CC(F)(F)F)CC3)nc1Nc1ccc(-c2ccnc(N)n2)cc1. The van der Waals surface area contributed by atoms with Gasteiger partial charge in [0.25, 0.3) is 0 Å². The predicted molar refractivity (Wildman–Crippen MR) is 135 cm³/mol. The van der Waals surface area contributed by atoms with Crippen LogP contribution in [0.4, 0.5) is 36.4 Å². The zero-order chi connectivity index (χ0) is 27.9. The van der Waals surface area contributed by atoms with Crippen molar-refractivity contribution in [3.05, 3.63) is 59.8 Å². The minimum absolute atomic E-state index is 0.0275. The second kappa shape index (κ2) is 9.70. The Balaban J connectivity index is 1.41. The summed E-state index contributed by atoms with van der Waals surface area (Å²) in [5.74, 6) is -1.84. The highest BCUT2D eigenvalue weighted by Crippen LogP contribution is 2.37. The second-order valence-electron chi connectivity index (χ2n) is 8.81. The molecule has 1 aliphatic rings. The molecule has 0 spiro atoms. The lowest BCUT2D eigenvalue weighted by Gasteiger charge is -2.20. The van der Waals surface area contributed by atoms with Crippen LogP contribution in [0.25, 0.3) is 22.6 Å². The Morgan fingerprint density at radius 1 is 1.10 bits per heavy atom. The summed E-state index contributed by atoms with van der Waals surface area (Å²) < 4.78 is 39.8. The number of carbonyl (C=O) groups excluding carboxylic acids is 1. The standard InChI is InChI=1S/C25H21F3N8O3/c1-35-24(31-16-4-2-13(3-5-16)18-6-8-30-23(29)32-18)33-21(34-35)15-10-14-7-9-36(19(37)12-25(26,27)28)20(14)17(11-15)22(38)39/h2-6,8,10-11H,7,9,12H2,1H3,(H,38,39)(H2,29,30,32)(H,31,33,34). The highest BCUT2D eigenvalue weighted by Gasteiger charge is 2.37.